The predicted octanol–water partition coefficient (Wildman–Crippen LogP) is 1.60. The van der Waals surface area contributed by atoms with Crippen LogP contribution < -0.4 is 0 Å². The zero-order valence-corrected chi connectivity index (χ0v) is 11.0. The number of carbonyl (C=O) groups excluding carboxylic acids is 1. The van der Waals surface area contributed by atoms with Crippen molar-refractivity contribution < 1.29 is 19.7 Å². The van der Waals surface area contributed by atoms with Crippen molar-refractivity contribution in [2.75, 3.05) is 7.11 Å². The second kappa shape index (κ2) is 5.50. The van der Waals surface area contributed by atoms with Crippen LogP contribution in [0.5, 0.6) is 0 Å². The molecule has 0 amide bonds. The highest BCUT2D eigenvalue weighted by atomic mass is 16.5. The van der Waals surface area contributed by atoms with Crippen LogP contribution in [-0.4, -0.2) is 28.9 Å². The van der Waals surface area contributed by atoms with Crippen LogP contribution in [0.15, 0.2) is 30.3 Å². The van der Waals surface area contributed by atoms with E-state index in [1.165, 1.54) is 14.0 Å². The summed E-state index contributed by atoms with van der Waals surface area (Å²) in [6.45, 7) is 3.32. The number of hydrogen-bond donors (Lipinski definition) is 2. The highest BCUT2D eigenvalue weighted by molar-refractivity contribution is 5.82. The van der Waals surface area contributed by atoms with Crippen molar-refractivity contribution in [3.8, 4) is 0 Å². The van der Waals surface area contributed by atoms with Crippen molar-refractivity contribution in [1.29, 1.82) is 0 Å². The molecule has 0 fully saturated rings. The van der Waals surface area contributed by atoms with Crippen molar-refractivity contribution in [2.45, 2.75) is 37.9 Å². The Labute approximate surface area is 107 Å². The van der Waals surface area contributed by atoms with Gasteiger partial charge in [-0.05, 0) is 18.9 Å². The van der Waals surface area contributed by atoms with Gasteiger partial charge in [0, 0.05) is 0 Å². The molecule has 1 aromatic carbocycles. The molecular weight excluding hydrogens is 232 g/mol. The third-order valence-corrected chi connectivity index (χ3v) is 3.19. The normalized spacial score (nSPS) is 17.6. The van der Waals surface area contributed by atoms with Crippen molar-refractivity contribution in [3.63, 3.8) is 0 Å². The molecule has 4 heteroatoms. The van der Waals surface area contributed by atoms with E-state index in [1.54, 1.807) is 30.3 Å². The Morgan fingerprint density at radius 3 is 2.28 bits per heavy atom. The Hall–Kier alpha value is -1.39. The largest absolute Gasteiger partial charge is 0.467 e. The SMILES string of the molecule is CCC[C@@](C)(O)[C@](O)(C(=O)OC)c1ccccc1. The van der Waals surface area contributed by atoms with Gasteiger partial charge in [0.1, 0.15) is 5.60 Å². The van der Waals surface area contributed by atoms with E-state index in [0.717, 1.165) is 0 Å². The highest BCUT2D eigenvalue weighted by Crippen LogP contribution is 2.37. The second-order valence-electron chi connectivity index (χ2n) is 4.59. The molecule has 1 rings (SSSR count). The quantitative estimate of drug-likeness (QED) is 0.781. The molecule has 0 aliphatic rings. The van der Waals surface area contributed by atoms with Crippen molar-refractivity contribution in [3.05, 3.63) is 35.9 Å². The zero-order valence-electron chi connectivity index (χ0n) is 11.0. The van der Waals surface area contributed by atoms with Crippen LogP contribution in [0.2, 0.25) is 0 Å². The fourth-order valence-electron chi connectivity index (χ4n) is 2.14. The van der Waals surface area contributed by atoms with Crippen LogP contribution in [0.25, 0.3) is 0 Å². The summed E-state index contributed by atoms with van der Waals surface area (Å²) in [6.07, 6.45) is 0.923. The number of hydrogen-bond acceptors (Lipinski definition) is 4. The first-order valence-electron chi connectivity index (χ1n) is 5.99. The van der Waals surface area contributed by atoms with Gasteiger partial charge in [-0.25, -0.2) is 4.79 Å². The molecule has 0 saturated carbocycles. The summed E-state index contributed by atoms with van der Waals surface area (Å²) in [6, 6.07) is 8.37. The third kappa shape index (κ3) is 2.40. The molecule has 0 saturated heterocycles. The van der Waals surface area contributed by atoms with Crippen LogP contribution >= 0.6 is 0 Å². The molecule has 2 atom stereocenters. The molecule has 0 radical (unpaired) electrons. The topological polar surface area (TPSA) is 66.8 Å². The average molecular weight is 252 g/mol. The van der Waals surface area contributed by atoms with Crippen LogP contribution in [0.3, 0.4) is 0 Å². The number of aliphatic hydroxyl groups is 2. The Bertz CT molecular complexity index is 400. The first kappa shape index (κ1) is 14.7. The fourth-order valence-corrected chi connectivity index (χ4v) is 2.14. The summed E-state index contributed by atoms with van der Waals surface area (Å²) in [4.78, 5) is 11.9. The van der Waals surface area contributed by atoms with Crippen LogP contribution in [0, 0.1) is 0 Å². The fraction of sp³-hybridized carbons (Fsp3) is 0.500. The first-order valence-corrected chi connectivity index (χ1v) is 5.99. The van der Waals surface area contributed by atoms with Crippen LogP contribution in [-0.2, 0) is 15.1 Å². The van der Waals surface area contributed by atoms with Gasteiger partial charge in [0.05, 0.1) is 7.11 Å². The number of benzene rings is 1. The number of methoxy groups -OCH3 is 1. The molecule has 100 valence electrons. The van der Waals surface area contributed by atoms with E-state index >= 15 is 0 Å². The Morgan fingerprint density at radius 1 is 1.28 bits per heavy atom. The summed E-state index contributed by atoms with van der Waals surface area (Å²) >= 11 is 0. The second-order valence-corrected chi connectivity index (χ2v) is 4.59. The monoisotopic (exact) mass is 252 g/mol. The lowest BCUT2D eigenvalue weighted by Crippen LogP contribution is -2.55. The summed E-state index contributed by atoms with van der Waals surface area (Å²) in [7, 11) is 1.19. The molecule has 0 bridgehead atoms. The van der Waals surface area contributed by atoms with Gasteiger partial charge in [-0.3, -0.25) is 0 Å². The van der Waals surface area contributed by atoms with Crippen LogP contribution in [0.4, 0.5) is 0 Å². The number of rotatable bonds is 5. The lowest BCUT2D eigenvalue weighted by Gasteiger charge is -2.39. The lowest BCUT2D eigenvalue weighted by molar-refractivity contribution is -0.197. The van der Waals surface area contributed by atoms with E-state index in [1.807, 2.05) is 6.92 Å². The summed E-state index contributed by atoms with van der Waals surface area (Å²) < 4.78 is 4.65. The van der Waals surface area contributed by atoms with E-state index in [4.69, 9.17) is 0 Å². The highest BCUT2D eigenvalue weighted by Gasteiger charge is 2.53. The standard InChI is InChI=1S/C14H20O4/c1-4-10-13(2,16)14(17,12(15)18-3)11-8-6-5-7-9-11/h5-9,16-17H,4,10H2,1-3H3/t13-,14-/m1/s1. The predicted molar refractivity (Wildman–Crippen MR) is 67.9 cm³/mol. The maximum Gasteiger partial charge on any atom is 0.345 e. The van der Waals surface area contributed by atoms with E-state index in [0.29, 0.717) is 12.0 Å². The summed E-state index contributed by atoms with van der Waals surface area (Å²) in [5, 5.41) is 21.1. The van der Waals surface area contributed by atoms with Crippen molar-refractivity contribution in [1.82, 2.24) is 0 Å². The molecule has 2 N–H and O–H groups in total. The number of esters is 1. The van der Waals surface area contributed by atoms with Gasteiger partial charge < -0.3 is 14.9 Å². The molecule has 0 spiro atoms. The van der Waals surface area contributed by atoms with Crippen LogP contribution in [0.1, 0.15) is 32.3 Å². The minimum Gasteiger partial charge on any atom is -0.467 e. The van der Waals surface area contributed by atoms with E-state index in [2.05, 4.69) is 4.74 Å². The Morgan fingerprint density at radius 2 is 1.83 bits per heavy atom. The van der Waals surface area contributed by atoms with Gasteiger partial charge in [0.15, 0.2) is 0 Å². The lowest BCUT2D eigenvalue weighted by atomic mass is 9.76. The van der Waals surface area contributed by atoms with Gasteiger partial charge in [-0.15, -0.1) is 0 Å². The van der Waals surface area contributed by atoms with Gasteiger partial charge in [-0.2, -0.15) is 0 Å². The summed E-state index contributed by atoms with van der Waals surface area (Å²) in [5.41, 5.74) is -3.31. The molecule has 4 nitrogen and oxygen atoms in total. The van der Waals surface area contributed by atoms with Gasteiger partial charge in [-0.1, -0.05) is 43.7 Å². The van der Waals surface area contributed by atoms with E-state index in [9.17, 15) is 15.0 Å². The Kier molecular flexibility index (Phi) is 4.48. The molecule has 0 aliphatic carbocycles. The minimum atomic E-state index is -2.06. The maximum absolute atomic E-state index is 11.9. The maximum atomic E-state index is 11.9. The molecule has 0 aromatic heterocycles. The molecule has 1 aromatic rings. The molecule has 0 unspecified atom stereocenters. The third-order valence-electron chi connectivity index (χ3n) is 3.19. The smallest absolute Gasteiger partial charge is 0.345 e. The molecule has 0 heterocycles. The molecule has 0 aliphatic heterocycles. The van der Waals surface area contributed by atoms with Crippen molar-refractivity contribution >= 4 is 5.97 Å². The van der Waals surface area contributed by atoms with Gasteiger partial charge in [0.2, 0.25) is 5.60 Å². The molecular formula is C14H20O4. The summed E-state index contributed by atoms with van der Waals surface area (Å²) in [5.74, 6) is -0.854. The van der Waals surface area contributed by atoms with Gasteiger partial charge >= 0.3 is 5.97 Å². The van der Waals surface area contributed by atoms with E-state index < -0.39 is 17.2 Å². The molecule has 18 heavy (non-hydrogen) atoms. The zero-order chi connectivity index (χ0) is 13.8. The minimum absolute atomic E-state index is 0.285. The number of ether oxygens (including phenoxy) is 1. The van der Waals surface area contributed by atoms with Crippen molar-refractivity contribution in [2.24, 2.45) is 0 Å². The number of carbonyl (C=O) groups is 1. The average Bonchev–Trinajstić information content (AvgIpc) is 2.37. The van der Waals surface area contributed by atoms with Gasteiger partial charge in [0.25, 0.3) is 0 Å². The Balaban J connectivity index is 3.32. The van der Waals surface area contributed by atoms with E-state index in [-0.39, 0.29) is 6.42 Å². The first-order chi connectivity index (χ1) is 8.40.